The molecule has 19 aromatic rings. The third-order valence-electron chi connectivity index (χ3n) is 26.9. The first-order chi connectivity index (χ1) is 62.7. The average Bonchev–Trinajstić information content (AvgIpc) is 1.42. The summed E-state index contributed by atoms with van der Waals surface area (Å²) in [6.07, 6.45) is 0. The van der Waals surface area contributed by atoms with Crippen molar-refractivity contribution in [1.29, 1.82) is 0 Å². The number of fused-ring (bicyclic) bond motifs is 16. The Bertz CT molecular complexity index is 7970. The van der Waals surface area contributed by atoms with Gasteiger partial charge in [0.1, 0.15) is 0 Å². The number of hydrogen-bond donors (Lipinski definition) is 0. The Morgan fingerprint density at radius 3 is 1.11 bits per heavy atom. The molecule has 0 unspecified atom stereocenters. The molecule has 2 aliphatic heterocycles. The molecule has 0 spiro atoms. The highest BCUT2D eigenvalue weighted by atomic mass is 16.3. The number of furan rings is 1. The Kier molecular flexibility index (Phi) is 15.7. The van der Waals surface area contributed by atoms with Gasteiger partial charge in [-0.25, -0.2) is 0 Å². The lowest BCUT2D eigenvalue weighted by Crippen LogP contribution is -2.61. The fourth-order valence-electron chi connectivity index (χ4n) is 19.7. The first-order valence-electron chi connectivity index (χ1n) is 48.4. The van der Waals surface area contributed by atoms with Crippen LogP contribution in [0.25, 0.3) is 138 Å². The van der Waals surface area contributed by atoms with E-state index < -0.39 is 43.0 Å². The quantitative estimate of drug-likeness (QED) is 0.142. The van der Waals surface area contributed by atoms with Crippen LogP contribution in [-0.4, -0.2) is 20.4 Å². The van der Waals surface area contributed by atoms with Crippen LogP contribution >= 0.6 is 0 Å². The minimum Gasteiger partial charge on any atom is -0.452 e. The van der Waals surface area contributed by atoms with Crippen molar-refractivity contribution in [3.05, 3.63) is 336 Å². The molecule has 0 atom stereocenters. The van der Waals surface area contributed by atoms with Gasteiger partial charge in [-0.1, -0.05) is 321 Å². The Balaban J connectivity index is 0.945. The van der Waals surface area contributed by atoms with Crippen LogP contribution < -0.4 is 26.2 Å². The van der Waals surface area contributed by atoms with Crippen molar-refractivity contribution in [3.63, 3.8) is 0 Å². The Hall–Kier alpha value is -12.8. The molecule has 2 aliphatic rings. The van der Waals surface area contributed by atoms with Crippen LogP contribution in [0.2, 0.25) is 0 Å². The van der Waals surface area contributed by atoms with Crippen LogP contribution in [0.15, 0.2) is 301 Å². The molecule has 6 nitrogen and oxygen atoms in total. The van der Waals surface area contributed by atoms with Crippen LogP contribution in [0.1, 0.15) is 195 Å². The molecule has 0 aliphatic carbocycles. The number of para-hydroxylation sites is 4. The average molecular weight is 1640 g/mol. The molecular weight excluding hydrogens is 1510 g/mol. The van der Waals surface area contributed by atoms with Gasteiger partial charge in [0, 0.05) is 77.2 Å². The fraction of sp³-hybridized carbons (Fsp3) is 0.237. The molecule has 15 aromatic carbocycles. The van der Waals surface area contributed by atoms with Crippen molar-refractivity contribution >= 4 is 145 Å². The van der Waals surface area contributed by atoms with Gasteiger partial charge in [-0.05, 0) is 248 Å². The molecule has 0 N–H and O–H groups in total. The highest BCUT2D eigenvalue weighted by Crippen LogP contribution is 2.53. The summed E-state index contributed by atoms with van der Waals surface area (Å²) in [5.74, 6) is 0. The molecule has 4 aromatic heterocycles. The zero-order chi connectivity index (χ0) is 94.0. The predicted octanol–water partition coefficient (Wildman–Crippen LogP) is 31.0. The van der Waals surface area contributed by atoms with E-state index in [1.165, 1.54) is 38.9 Å². The maximum Gasteiger partial charge on any atom is 0.252 e. The summed E-state index contributed by atoms with van der Waals surface area (Å²) in [6.45, 7) is 47.4. The van der Waals surface area contributed by atoms with Crippen LogP contribution in [0.4, 0.5) is 34.1 Å². The van der Waals surface area contributed by atoms with E-state index >= 15 is 0 Å². The molecule has 7 heteroatoms. The van der Waals surface area contributed by atoms with E-state index in [2.05, 4.69) is 407 Å². The topological polar surface area (TPSA) is 34.4 Å². The normalized spacial score (nSPS) is 14.5. The van der Waals surface area contributed by atoms with E-state index in [1.54, 1.807) is 4.57 Å². The molecule has 0 bridgehead atoms. The Morgan fingerprint density at radius 1 is 0.232 bits per heavy atom. The second-order valence-electron chi connectivity index (χ2n) is 42.6. The summed E-state index contributed by atoms with van der Waals surface area (Å²) in [5.41, 5.74) is 29.4. The van der Waals surface area contributed by atoms with Gasteiger partial charge in [0.05, 0.1) is 61.1 Å². The lowest BCUT2D eigenvalue weighted by molar-refractivity contribution is 0.569. The molecule has 125 heavy (non-hydrogen) atoms. The number of benzene rings is 15. The second kappa shape index (κ2) is 27.8. The number of nitrogens with zero attached hydrogens (tertiary/aromatic N) is 5. The molecular formula is C118H112BN5O. The minimum atomic E-state index is -0.559. The fourth-order valence-corrected chi connectivity index (χ4v) is 19.7. The molecule has 0 fully saturated rings. The van der Waals surface area contributed by atoms with Crippen molar-refractivity contribution in [3.8, 4) is 50.4 Å². The number of aromatic nitrogens is 3. The molecule has 6 heterocycles. The van der Waals surface area contributed by atoms with E-state index in [-0.39, 0.29) is 71.8 Å². The van der Waals surface area contributed by atoms with Gasteiger partial charge in [0.15, 0.2) is 11.2 Å². The van der Waals surface area contributed by atoms with Gasteiger partial charge in [-0.15, -0.1) is 0 Å². The Morgan fingerprint density at radius 2 is 0.624 bits per heavy atom. The maximum atomic E-state index is 10.0. The van der Waals surface area contributed by atoms with Gasteiger partial charge >= 0.3 is 0 Å². The van der Waals surface area contributed by atoms with Crippen LogP contribution in [0.5, 0.6) is 0 Å². The molecule has 0 saturated heterocycles. The highest BCUT2D eigenvalue weighted by molar-refractivity contribution is 7.00. The third-order valence-corrected chi connectivity index (χ3v) is 26.9. The van der Waals surface area contributed by atoms with Crippen LogP contribution in [0.3, 0.4) is 0 Å². The van der Waals surface area contributed by atoms with Gasteiger partial charge in [0.2, 0.25) is 0 Å². The van der Waals surface area contributed by atoms with Gasteiger partial charge < -0.3 is 27.9 Å². The highest BCUT2D eigenvalue weighted by Gasteiger charge is 2.46. The summed E-state index contributed by atoms with van der Waals surface area (Å²) in [7, 11) is 0. The van der Waals surface area contributed by atoms with Crippen molar-refractivity contribution in [2.75, 3.05) is 9.80 Å². The monoisotopic (exact) mass is 1630 g/mol. The lowest BCUT2D eigenvalue weighted by Gasteiger charge is -2.44. The summed E-state index contributed by atoms with van der Waals surface area (Å²) >= 11 is 0. The van der Waals surface area contributed by atoms with Crippen LogP contribution in [-0.2, 0) is 37.9 Å². The smallest absolute Gasteiger partial charge is 0.252 e. The van der Waals surface area contributed by atoms with Gasteiger partial charge in [-0.3, -0.25) is 0 Å². The van der Waals surface area contributed by atoms with Crippen molar-refractivity contribution in [2.24, 2.45) is 0 Å². The SMILES string of the molecule is [2H]c1c([2H])c([2H])c2c(c1[2H])c1c([2H])c([2H])c([2H])c([2H])c1n2-c1ccc2c(c1)N(c1cccc3c1oc1c(-n4c5ccc(C(C)(C)C)cc5c5cc(C(C)(C)C)ccc54)cccc13)c1cc(-n3c4ccc(C(C)(C)C)cc4c4cc(C(C)(C)C)ccc43)cc3c1B2c1ccc(-c2cc(C(C)(C)C)cc(C(C)(C)C)c2)cc1N3c1cc(-c2ccccc2)cc(-c2ccc(C(C)(C)C)cc2)c1. The summed E-state index contributed by atoms with van der Waals surface area (Å²) in [4.78, 5) is 4.93. The largest absolute Gasteiger partial charge is 0.452 e. The van der Waals surface area contributed by atoms with Crippen molar-refractivity contribution in [2.45, 2.75) is 183 Å². The minimum absolute atomic E-state index is 0.00539. The molecule has 0 radical (unpaired) electrons. The summed E-state index contributed by atoms with van der Waals surface area (Å²) < 4.78 is 91.5. The van der Waals surface area contributed by atoms with Gasteiger partial charge in [-0.2, -0.15) is 0 Å². The van der Waals surface area contributed by atoms with Crippen molar-refractivity contribution < 1.29 is 15.4 Å². The first-order valence-corrected chi connectivity index (χ1v) is 44.4. The predicted molar refractivity (Wildman–Crippen MR) is 538 cm³/mol. The van der Waals surface area contributed by atoms with E-state index in [1.807, 2.05) is 6.07 Å². The standard InChI is InChI=1S/C118H112BN5O/c1-112(2,3)77-44-41-72(42-45-77)75-57-74(71-31-23-22-24-32-71)60-85(61-75)122-105-62-73(76-58-82(117(16,17)18)63-83(59-76)118(19,20)21)43-51-95(105)119-96-52-50-84(120-97-37-27-25-33-87(97)88-34-26-28-38-98(88)120)68-106(96)124(108-70-86(69-107(122)109(108)119)121-99-53-46-78(113(4,5)6)64-91(99)92-65-79(114(7,8)9)47-54-100(92)121)104-40-30-36-90-89-35-29-39-103(110(89)125-111(90)104)123-101-55-48-80(115(10,11)12)66-93(101)94-67-81(116(13,14)15)49-56-102(94)123/h22-70H,1-21H3/i25D,26D,27D,28D,33D,34D,37D,38D. The number of hydrogen-bond acceptors (Lipinski definition) is 3. The second-order valence-corrected chi connectivity index (χ2v) is 42.6. The molecule has 21 rings (SSSR count). The molecule has 0 saturated carbocycles. The zero-order valence-corrected chi connectivity index (χ0v) is 75.9. The van der Waals surface area contributed by atoms with Gasteiger partial charge in [0.25, 0.3) is 6.71 Å². The molecule has 0 amide bonds. The maximum absolute atomic E-state index is 10.0. The molecule has 618 valence electrons. The first kappa shape index (κ1) is 70.6. The zero-order valence-electron chi connectivity index (χ0n) is 83.9. The van der Waals surface area contributed by atoms with Crippen molar-refractivity contribution in [1.82, 2.24) is 13.7 Å². The van der Waals surface area contributed by atoms with Crippen LogP contribution in [0, 0.1) is 0 Å². The lowest BCUT2D eigenvalue weighted by atomic mass is 9.33. The van der Waals surface area contributed by atoms with E-state index in [4.69, 9.17) is 4.42 Å². The summed E-state index contributed by atoms with van der Waals surface area (Å²) in [5, 5.41) is 6.32. The van der Waals surface area contributed by atoms with E-state index in [9.17, 15) is 11.0 Å². The third kappa shape index (κ3) is 13.0. The number of anilines is 6. The summed E-state index contributed by atoms with van der Waals surface area (Å²) in [6, 6.07) is 89.7. The van der Waals surface area contributed by atoms with E-state index in [0.29, 0.717) is 28.2 Å². The number of rotatable bonds is 8. The van der Waals surface area contributed by atoms with E-state index in [0.717, 1.165) is 138 Å². The Labute approximate surface area is 748 Å².